The number of benzene rings is 1. The Balaban J connectivity index is 0. The van der Waals surface area contributed by atoms with E-state index in [2.05, 4.69) is 9.97 Å². The molecule has 0 amide bonds. The lowest BCUT2D eigenvalue weighted by atomic mass is 10.3. The zero-order valence-electron chi connectivity index (χ0n) is 6.26. The molecule has 2 rings (SSSR count). The van der Waals surface area contributed by atoms with E-state index in [-0.39, 0.29) is 34.9 Å². The molecule has 0 saturated heterocycles. The van der Waals surface area contributed by atoms with Crippen LogP contribution in [0.2, 0.25) is 0 Å². The third-order valence-corrected chi connectivity index (χ3v) is 1.38. The first-order chi connectivity index (χ1) is 4.47. The first-order valence-electron chi connectivity index (χ1n) is 2.90. The normalized spacial score (nSPS) is 7.67. The second kappa shape index (κ2) is 5.92. The zero-order chi connectivity index (χ0) is 6.10. The Morgan fingerprint density at radius 3 is 2.42 bits per heavy atom. The van der Waals surface area contributed by atoms with Crippen molar-refractivity contribution in [2.45, 2.75) is 0 Å². The van der Waals surface area contributed by atoms with Crippen molar-refractivity contribution in [1.82, 2.24) is 4.98 Å². The number of H-pyrrole nitrogens is 2. The minimum absolute atomic E-state index is 0. The molecule has 0 spiro atoms. The third-order valence-electron chi connectivity index (χ3n) is 1.38. The van der Waals surface area contributed by atoms with Gasteiger partial charge in [-0.15, -0.1) is 0 Å². The smallest absolute Gasteiger partial charge is 0.240 e. The summed E-state index contributed by atoms with van der Waals surface area (Å²) >= 11 is 0. The van der Waals surface area contributed by atoms with E-state index in [1.165, 1.54) is 0 Å². The second-order valence-electron chi connectivity index (χ2n) is 1.98. The van der Waals surface area contributed by atoms with E-state index in [9.17, 15) is 0 Å². The van der Waals surface area contributed by atoms with Gasteiger partial charge in [0.15, 0.2) is 11.0 Å². The van der Waals surface area contributed by atoms with Crippen molar-refractivity contribution < 1.29 is 39.9 Å². The topological polar surface area (TPSA) is 92.9 Å². The third kappa shape index (κ3) is 2.43. The molecule has 4 nitrogen and oxygen atoms in total. The maximum Gasteiger partial charge on any atom is 0.240 e. The summed E-state index contributed by atoms with van der Waals surface area (Å²) in [7, 11) is 0. The van der Waals surface area contributed by atoms with Gasteiger partial charge in [0, 0.05) is 0 Å². The maximum absolute atomic E-state index is 3.06. The number of imidazole rings is 1. The predicted octanol–water partition coefficient (Wildman–Crippen LogP) is -3.66. The highest BCUT2D eigenvalue weighted by Crippen LogP contribution is 2.01. The molecule has 2 aromatic rings. The highest BCUT2D eigenvalue weighted by atomic mass is 127. The Kier molecular flexibility index (Phi) is 6.86. The Morgan fingerprint density at radius 1 is 1.08 bits per heavy atom. The van der Waals surface area contributed by atoms with Crippen LogP contribution in [0.5, 0.6) is 0 Å². The number of para-hydroxylation sites is 2. The summed E-state index contributed by atoms with van der Waals surface area (Å²) in [5.74, 6) is 0. The van der Waals surface area contributed by atoms with Crippen molar-refractivity contribution in [3.05, 3.63) is 30.6 Å². The second-order valence-corrected chi connectivity index (χ2v) is 1.98. The summed E-state index contributed by atoms with van der Waals surface area (Å²) in [6.45, 7) is 0. The molecule has 0 fully saturated rings. The molecule has 0 radical (unpaired) electrons. The molecule has 1 aromatic carbocycles. The highest BCUT2D eigenvalue weighted by molar-refractivity contribution is 5.69. The van der Waals surface area contributed by atoms with Gasteiger partial charge in [-0.1, -0.05) is 12.1 Å². The Bertz CT molecular complexity index is 293. The zero-order valence-corrected chi connectivity index (χ0v) is 8.42. The van der Waals surface area contributed by atoms with Crippen LogP contribution in [0.15, 0.2) is 30.6 Å². The van der Waals surface area contributed by atoms with Crippen molar-refractivity contribution >= 4 is 11.0 Å². The number of fused-ring (bicyclic) bond motifs is 1. The van der Waals surface area contributed by atoms with E-state index in [1.807, 2.05) is 30.6 Å². The largest absolute Gasteiger partial charge is 1.00 e. The van der Waals surface area contributed by atoms with E-state index in [0.717, 1.165) is 11.0 Å². The van der Waals surface area contributed by atoms with E-state index >= 15 is 0 Å². The van der Waals surface area contributed by atoms with Crippen LogP contribution in [-0.2, 0) is 0 Å². The van der Waals surface area contributed by atoms with Crippen molar-refractivity contribution in [3.8, 4) is 0 Å². The van der Waals surface area contributed by atoms with Gasteiger partial charge < -0.3 is 34.9 Å². The molecule has 6 N–H and O–H groups in total. The Labute approximate surface area is 86.6 Å². The molecule has 0 aliphatic rings. The van der Waals surface area contributed by atoms with Crippen molar-refractivity contribution in [1.29, 1.82) is 0 Å². The molecule has 5 heteroatoms. The van der Waals surface area contributed by atoms with Gasteiger partial charge in [0.25, 0.3) is 0 Å². The molecule has 0 aliphatic heterocycles. The maximum atomic E-state index is 3.06. The van der Waals surface area contributed by atoms with Gasteiger partial charge in [0.05, 0.1) is 0 Å². The molecular formula is C7H11IN2O2. The number of halogens is 1. The van der Waals surface area contributed by atoms with E-state index in [0.29, 0.717) is 0 Å². The first kappa shape index (κ1) is 13.9. The fraction of sp³-hybridized carbons (Fsp3) is 0. The number of rotatable bonds is 0. The van der Waals surface area contributed by atoms with Crippen LogP contribution in [0.25, 0.3) is 11.0 Å². The van der Waals surface area contributed by atoms with Crippen LogP contribution in [0.1, 0.15) is 0 Å². The molecule has 0 saturated carbocycles. The van der Waals surface area contributed by atoms with Gasteiger partial charge >= 0.3 is 0 Å². The van der Waals surface area contributed by atoms with Crippen LogP contribution >= 0.6 is 0 Å². The molecule has 0 unspecified atom stereocenters. The fourth-order valence-corrected chi connectivity index (χ4v) is 0.926. The molecule has 0 bridgehead atoms. The number of hydrogen-bond donors (Lipinski definition) is 1. The summed E-state index contributed by atoms with van der Waals surface area (Å²) in [6.07, 6.45) is 1.82. The van der Waals surface area contributed by atoms with Crippen molar-refractivity contribution in [2.24, 2.45) is 0 Å². The molecule has 0 aliphatic carbocycles. The van der Waals surface area contributed by atoms with Gasteiger partial charge in [-0.05, 0) is 12.1 Å². The Morgan fingerprint density at radius 2 is 1.75 bits per heavy atom. The van der Waals surface area contributed by atoms with Crippen LogP contribution in [0.4, 0.5) is 0 Å². The molecule has 1 heterocycles. The summed E-state index contributed by atoms with van der Waals surface area (Å²) in [6, 6.07) is 8.08. The molecular weight excluding hydrogens is 271 g/mol. The van der Waals surface area contributed by atoms with Crippen molar-refractivity contribution in [2.75, 3.05) is 0 Å². The fourth-order valence-electron chi connectivity index (χ4n) is 0.926. The molecule has 68 valence electrons. The quantitative estimate of drug-likeness (QED) is 0.482. The van der Waals surface area contributed by atoms with E-state index < -0.39 is 0 Å². The molecule has 0 atom stereocenters. The van der Waals surface area contributed by atoms with Gasteiger partial charge in [-0.2, -0.15) is 0 Å². The van der Waals surface area contributed by atoms with Crippen LogP contribution in [0.3, 0.4) is 0 Å². The van der Waals surface area contributed by atoms with Crippen LogP contribution in [-0.4, -0.2) is 15.9 Å². The predicted molar refractivity (Wildman–Crippen MR) is 42.1 cm³/mol. The average Bonchev–Trinajstić information content (AvgIpc) is 2.33. The Hall–Kier alpha value is -0.660. The van der Waals surface area contributed by atoms with Gasteiger partial charge in [-0.25, -0.2) is 9.97 Å². The number of aromatic amines is 2. The van der Waals surface area contributed by atoms with Crippen LogP contribution in [0, 0.1) is 0 Å². The van der Waals surface area contributed by atoms with E-state index in [1.54, 1.807) is 0 Å². The summed E-state index contributed by atoms with van der Waals surface area (Å²) < 4.78 is 0. The van der Waals surface area contributed by atoms with E-state index in [4.69, 9.17) is 0 Å². The lowest BCUT2D eigenvalue weighted by Crippen LogP contribution is -3.00. The average molecular weight is 282 g/mol. The number of aromatic nitrogens is 2. The summed E-state index contributed by atoms with van der Waals surface area (Å²) in [5.41, 5.74) is 2.30. The lowest BCUT2D eigenvalue weighted by Gasteiger charge is -1.76. The number of hydrogen-bond acceptors (Lipinski definition) is 0. The monoisotopic (exact) mass is 282 g/mol. The molecule has 12 heavy (non-hydrogen) atoms. The van der Waals surface area contributed by atoms with Gasteiger partial charge in [-0.3, -0.25) is 0 Å². The summed E-state index contributed by atoms with van der Waals surface area (Å²) in [5, 5.41) is 0. The van der Waals surface area contributed by atoms with Gasteiger partial charge in [0.2, 0.25) is 6.33 Å². The minimum atomic E-state index is 0. The molecule has 1 aromatic heterocycles. The van der Waals surface area contributed by atoms with Crippen LogP contribution < -0.4 is 29.0 Å². The van der Waals surface area contributed by atoms with Crippen molar-refractivity contribution in [3.63, 3.8) is 0 Å². The first-order valence-corrected chi connectivity index (χ1v) is 2.90. The standard InChI is InChI=1S/C7H6N2.HI.2H2O/c1-2-4-7-6(3-1)8-5-9-7;;;/h1-5H,(H,8,9);1H;2*1H2. The van der Waals surface area contributed by atoms with Gasteiger partial charge in [0.1, 0.15) is 0 Å². The minimum Gasteiger partial charge on any atom is -1.00 e. The highest BCUT2D eigenvalue weighted by Gasteiger charge is 1.95. The summed E-state index contributed by atoms with van der Waals surface area (Å²) in [4.78, 5) is 6.13. The SMILES string of the molecule is O.O.[I-].c1ccc2[nH+]c[nH]c2c1. The number of nitrogens with one attached hydrogen (secondary N) is 2. The lowest BCUT2D eigenvalue weighted by molar-refractivity contribution is -0.344.